The molecule has 1 aromatic rings. The molecular weight excluding hydrogens is 286 g/mol. The second-order valence-corrected chi connectivity index (χ2v) is 3.00. The van der Waals surface area contributed by atoms with Gasteiger partial charge < -0.3 is 0 Å². The molecule has 0 aromatic heterocycles. The molecule has 0 saturated carbocycles. The molecule has 102 valence electrons. The van der Waals surface area contributed by atoms with Gasteiger partial charge in [-0.1, -0.05) is 0 Å². The largest absolute Gasteiger partial charge is 0.422 e. The quantitative estimate of drug-likeness (QED) is 0.493. The van der Waals surface area contributed by atoms with E-state index in [1.54, 1.807) is 0 Å². The van der Waals surface area contributed by atoms with Gasteiger partial charge in [0.05, 0.1) is 0 Å². The van der Waals surface area contributed by atoms with E-state index in [1.807, 2.05) is 0 Å². The topological polar surface area (TPSA) is 0 Å². The van der Waals surface area contributed by atoms with Crippen LogP contribution >= 0.6 is 0 Å². The van der Waals surface area contributed by atoms with Crippen LogP contribution in [0.15, 0.2) is 0 Å². The SMILES string of the molecule is Fc1c(F)c(C(F)(F)F)c(F)c(F)c1C(F)(F)F. The Hall–Kier alpha value is -1.48. The van der Waals surface area contributed by atoms with Crippen molar-refractivity contribution in [1.82, 2.24) is 0 Å². The minimum atomic E-state index is -5.88. The van der Waals surface area contributed by atoms with Crippen molar-refractivity contribution in [3.63, 3.8) is 0 Å². The highest BCUT2D eigenvalue weighted by Crippen LogP contribution is 2.41. The zero-order chi connectivity index (χ0) is 14.5. The van der Waals surface area contributed by atoms with Crippen LogP contribution < -0.4 is 0 Å². The summed E-state index contributed by atoms with van der Waals surface area (Å²) >= 11 is 0. The number of hydrogen-bond donors (Lipinski definition) is 0. The average Bonchev–Trinajstić information content (AvgIpc) is 2.10. The van der Waals surface area contributed by atoms with Gasteiger partial charge in [0.1, 0.15) is 11.1 Å². The van der Waals surface area contributed by atoms with E-state index >= 15 is 0 Å². The lowest BCUT2D eigenvalue weighted by Crippen LogP contribution is -2.21. The average molecular weight is 286 g/mol. The van der Waals surface area contributed by atoms with E-state index in [9.17, 15) is 43.9 Å². The smallest absolute Gasteiger partial charge is 0.203 e. The van der Waals surface area contributed by atoms with Crippen LogP contribution in [-0.4, -0.2) is 0 Å². The van der Waals surface area contributed by atoms with E-state index in [-0.39, 0.29) is 0 Å². The molecule has 0 radical (unpaired) electrons. The fraction of sp³-hybridized carbons (Fsp3) is 0.250. The molecule has 0 saturated heterocycles. The first-order valence-electron chi connectivity index (χ1n) is 3.89. The van der Waals surface area contributed by atoms with Crippen molar-refractivity contribution in [2.75, 3.05) is 0 Å². The van der Waals surface area contributed by atoms with Crippen LogP contribution in [0.1, 0.15) is 11.1 Å². The molecule has 0 amide bonds. The first-order valence-corrected chi connectivity index (χ1v) is 3.89. The Morgan fingerprint density at radius 3 is 0.722 bits per heavy atom. The van der Waals surface area contributed by atoms with E-state index in [2.05, 4.69) is 0 Å². The van der Waals surface area contributed by atoms with Crippen molar-refractivity contribution in [2.24, 2.45) is 0 Å². The van der Waals surface area contributed by atoms with Gasteiger partial charge in [-0.2, -0.15) is 26.3 Å². The first-order chi connectivity index (χ1) is 7.89. The summed E-state index contributed by atoms with van der Waals surface area (Å²) in [7, 11) is 0. The van der Waals surface area contributed by atoms with Gasteiger partial charge in [-0.15, -0.1) is 0 Å². The minimum Gasteiger partial charge on any atom is -0.203 e. The highest BCUT2D eigenvalue weighted by Gasteiger charge is 2.47. The Bertz CT molecular complexity index is 406. The van der Waals surface area contributed by atoms with Gasteiger partial charge in [0.15, 0.2) is 23.3 Å². The molecule has 0 fully saturated rings. The van der Waals surface area contributed by atoms with Crippen molar-refractivity contribution in [3.05, 3.63) is 34.4 Å². The third-order valence-electron chi connectivity index (χ3n) is 1.83. The predicted octanol–water partition coefficient (Wildman–Crippen LogP) is 4.28. The summed E-state index contributed by atoms with van der Waals surface area (Å²) in [6.45, 7) is 0. The summed E-state index contributed by atoms with van der Waals surface area (Å²) in [5.41, 5.74) is -6.10. The number of benzene rings is 1. The van der Waals surface area contributed by atoms with Crippen molar-refractivity contribution in [2.45, 2.75) is 12.4 Å². The van der Waals surface area contributed by atoms with Crippen LogP contribution in [0.2, 0.25) is 0 Å². The second kappa shape index (κ2) is 4.02. The van der Waals surface area contributed by atoms with Crippen molar-refractivity contribution in [3.8, 4) is 0 Å². The third-order valence-corrected chi connectivity index (χ3v) is 1.83. The van der Waals surface area contributed by atoms with Crippen LogP contribution in [0.25, 0.3) is 0 Å². The molecule has 18 heavy (non-hydrogen) atoms. The Balaban J connectivity index is 3.79. The highest BCUT2D eigenvalue weighted by atomic mass is 19.4. The molecule has 0 nitrogen and oxygen atoms in total. The molecule has 0 aliphatic carbocycles. The number of hydrogen-bond acceptors (Lipinski definition) is 0. The van der Waals surface area contributed by atoms with Crippen LogP contribution in [0.4, 0.5) is 43.9 Å². The van der Waals surface area contributed by atoms with E-state index in [0.29, 0.717) is 0 Å². The predicted molar refractivity (Wildman–Crippen MR) is 36.3 cm³/mol. The van der Waals surface area contributed by atoms with Gasteiger partial charge in [0.2, 0.25) is 0 Å². The van der Waals surface area contributed by atoms with Crippen molar-refractivity contribution < 1.29 is 43.9 Å². The number of alkyl halides is 6. The van der Waals surface area contributed by atoms with Crippen molar-refractivity contribution >= 4 is 0 Å². The summed E-state index contributed by atoms with van der Waals surface area (Å²) in [5, 5.41) is 0. The summed E-state index contributed by atoms with van der Waals surface area (Å²) in [4.78, 5) is 0. The fourth-order valence-electron chi connectivity index (χ4n) is 1.13. The fourth-order valence-corrected chi connectivity index (χ4v) is 1.13. The molecule has 0 bridgehead atoms. The molecule has 10 heteroatoms. The maximum Gasteiger partial charge on any atom is 0.422 e. The molecule has 1 rings (SSSR count). The zero-order valence-electron chi connectivity index (χ0n) is 7.78. The van der Waals surface area contributed by atoms with Gasteiger partial charge in [-0.25, -0.2) is 17.6 Å². The molecule has 0 N–H and O–H groups in total. The normalized spacial score (nSPS) is 13.0. The Labute approximate surface area is 91.8 Å². The van der Waals surface area contributed by atoms with E-state index in [1.165, 1.54) is 0 Å². The lowest BCUT2D eigenvalue weighted by atomic mass is 10.1. The standard InChI is InChI=1S/C8F10/c9-3-1(7(13,14)15)4(10)6(12)2(5(3)11)8(16,17)18. The first kappa shape index (κ1) is 14.6. The second-order valence-electron chi connectivity index (χ2n) is 3.00. The maximum absolute atomic E-state index is 12.7. The lowest BCUT2D eigenvalue weighted by Gasteiger charge is -2.15. The van der Waals surface area contributed by atoms with Crippen LogP contribution in [0.3, 0.4) is 0 Å². The van der Waals surface area contributed by atoms with E-state index in [4.69, 9.17) is 0 Å². The Morgan fingerprint density at radius 2 is 0.611 bits per heavy atom. The van der Waals surface area contributed by atoms with Gasteiger partial charge in [-0.05, 0) is 0 Å². The molecule has 0 spiro atoms. The Morgan fingerprint density at radius 1 is 0.444 bits per heavy atom. The van der Waals surface area contributed by atoms with Crippen LogP contribution in [0, 0.1) is 23.3 Å². The lowest BCUT2D eigenvalue weighted by molar-refractivity contribution is -0.150. The minimum absolute atomic E-state index is 3.05. The van der Waals surface area contributed by atoms with Gasteiger partial charge in [0.25, 0.3) is 0 Å². The summed E-state index contributed by atoms with van der Waals surface area (Å²) < 4.78 is 123. The van der Waals surface area contributed by atoms with E-state index in [0.717, 1.165) is 0 Å². The van der Waals surface area contributed by atoms with Crippen LogP contribution in [0.5, 0.6) is 0 Å². The van der Waals surface area contributed by atoms with Gasteiger partial charge in [0, 0.05) is 0 Å². The number of rotatable bonds is 0. The van der Waals surface area contributed by atoms with Gasteiger partial charge in [-0.3, -0.25) is 0 Å². The third kappa shape index (κ3) is 2.23. The molecule has 0 atom stereocenters. The zero-order valence-corrected chi connectivity index (χ0v) is 7.78. The van der Waals surface area contributed by atoms with Gasteiger partial charge >= 0.3 is 12.4 Å². The Kier molecular flexibility index (Phi) is 3.26. The summed E-state index contributed by atoms with van der Waals surface area (Å²) in [6, 6.07) is 0. The highest BCUT2D eigenvalue weighted by molar-refractivity contribution is 5.33. The molecule has 0 unspecified atom stereocenters. The molecule has 0 aliphatic heterocycles. The summed E-state index contributed by atoms with van der Waals surface area (Å²) in [5.74, 6) is -12.6. The van der Waals surface area contributed by atoms with E-state index < -0.39 is 46.7 Å². The monoisotopic (exact) mass is 286 g/mol. The van der Waals surface area contributed by atoms with Crippen molar-refractivity contribution in [1.29, 1.82) is 0 Å². The van der Waals surface area contributed by atoms with Crippen LogP contribution in [-0.2, 0) is 12.4 Å². The maximum atomic E-state index is 12.7. The molecule has 0 aliphatic rings. The summed E-state index contributed by atoms with van der Waals surface area (Å²) in [6.07, 6.45) is -11.8. The molecule has 1 aromatic carbocycles. The number of halogens is 10. The molecule has 0 heterocycles. The molecular formula is C8F10.